The number of ether oxygens (including phenoxy) is 1. The molecule has 0 aromatic carbocycles. The summed E-state index contributed by atoms with van der Waals surface area (Å²) in [5, 5.41) is 0.954. The van der Waals surface area contributed by atoms with E-state index in [-0.39, 0.29) is 5.97 Å². The second-order valence-corrected chi connectivity index (χ2v) is 7.70. The second kappa shape index (κ2) is 5.72. The molecule has 1 aromatic rings. The van der Waals surface area contributed by atoms with Crippen molar-refractivity contribution < 1.29 is 9.53 Å². The lowest BCUT2D eigenvalue weighted by molar-refractivity contribution is 0.0594. The van der Waals surface area contributed by atoms with Crippen molar-refractivity contribution in [2.24, 2.45) is 11.3 Å². The Morgan fingerprint density at radius 3 is 2.45 bits per heavy atom. The topological polar surface area (TPSA) is 42.4 Å². The molecule has 0 amide bonds. The Morgan fingerprint density at radius 1 is 1.35 bits per heavy atom. The van der Waals surface area contributed by atoms with Crippen molar-refractivity contribution in [3.05, 3.63) is 10.6 Å². The minimum absolute atomic E-state index is 0.338. The van der Waals surface area contributed by atoms with Crippen molar-refractivity contribution >= 4 is 22.4 Å². The average molecular weight is 296 g/mol. The molecular formula is C15H24N2O2S. The van der Waals surface area contributed by atoms with Crippen LogP contribution in [0.3, 0.4) is 0 Å². The highest BCUT2D eigenvalue weighted by Crippen LogP contribution is 2.36. The first kappa shape index (κ1) is 15.3. The molecule has 1 aliphatic rings. The van der Waals surface area contributed by atoms with E-state index in [1.807, 2.05) is 6.92 Å². The van der Waals surface area contributed by atoms with Gasteiger partial charge in [0.15, 0.2) is 10.8 Å². The van der Waals surface area contributed by atoms with Gasteiger partial charge in [0.05, 0.1) is 7.11 Å². The van der Waals surface area contributed by atoms with Gasteiger partial charge in [-0.15, -0.1) is 11.3 Å². The smallest absolute Gasteiger partial charge is 0.357 e. The van der Waals surface area contributed by atoms with Crippen molar-refractivity contribution in [1.82, 2.24) is 4.98 Å². The van der Waals surface area contributed by atoms with E-state index in [1.54, 1.807) is 11.3 Å². The molecule has 5 heteroatoms. The van der Waals surface area contributed by atoms with E-state index in [1.165, 1.54) is 20.0 Å². The van der Waals surface area contributed by atoms with Crippen LogP contribution in [0.25, 0.3) is 0 Å². The van der Waals surface area contributed by atoms with Crippen LogP contribution in [-0.4, -0.2) is 31.2 Å². The van der Waals surface area contributed by atoms with Crippen LogP contribution in [0.5, 0.6) is 0 Å². The van der Waals surface area contributed by atoms with Gasteiger partial charge in [0.1, 0.15) is 0 Å². The van der Waals surface area contributed by atoms with Gasteiger partial charge in [-0.1, -0.05) is 20.8 Å². The number of hydrogen-bond donors (Lipinski definition) is 0. The number of esters is 1. The molecule has 20 heavy (non-hydrogen) atoms. The van der Waals surface area contributed by atoms with Crippen LogP contribution in [0.4, 0.5) is 5.13 Å². The highest BCUT2D eigenvalue weighted by Gasteiger charge is 2.30. The first-order valence-corrected chi connectivity index (χ1v) is 7.95. The van der Waals surface area contributed by atoms with Gasteiger partial charge in [-0.25, -0.2) is 9.78 Å². The minimum atomic E-state index is -0.338. The van der Waals surface area contributed by atoms with E-state index >= 15 is 0 Å². The molecule has 0 saturated carbocycles. The zero-order chi connectivity index (χ0) is 14.9. The summed E-state index contributed by atoms with van der Waals surface area (Å²) in [5.41, 5.74) is 0.840. The Kier molecular flexibility index (Phi) is 4.37. The zero-order valence-corrected chi connectivity index (χ0v) is 13.8. The number of anilines is 1. The maximum absolute atomic E-state index is 11.6. The van der Waals surface area contributed by atoms with Crippen LogP contribution < -0.4 is 4.90 Å². The van der Waals surface area contributed by atoms with Crippen molar-refractivity contribution in [3.8, 4) is 0 Å². The van der Waals surface area contributed by atoms with E-state index in [2.05, 4.69) is 30.7 Å². The molecule has 0 N–H and O–H groups in total. The Bertz CT molecular complexity index is 483. The molecule has 4 nitrogen and oxygen atoms in total. The minimum Gasteiger partial charge on any atom is -0.464 e. The molecule has 0 aliphatic carbocycles. The van der Waals surface area contributed by atoms with Crippen LogP contribution in [-0.2, 0) is 4.74 Å². The monoisotopic (exact) mass is 296 g/mol. The zero-order valence-electron chi connectivity index (χ0n) is 13.0. The van der Waals surface area contributed by atoms with Gasteiger partial charge in [0.2, 0.25) is 0 Å². The largest absolute Gasteiger partial charge is 0.464 e. The number of rotatable bonds is 2. The lowest BCUT2D eigenvalue weighted by atomic mass is 9.75. The van der Waals surface area contributed by atoms with Crippen LogP contribution in [0.2, 0.25) is 0 Å². The highest BCUT2D eigenvalue weighted by atomic mass is 32.1. The van der Waals surface area contributed by atoms with Gasteiger partial charge in [0.25, 0.3) is 0 Å². The van der Waals surface area contributed by atoms with Crippen molar-refractivity contribution in [3.63, 3.8) is 0 Å². The van der Waals surface area contributed by atoms with Gasteiger partial charge >= 0.3 is 5.97 Å². The number of piperidine rings is 1. The molecule has 1 aromatic heterocycles. The predicted molar refractivity (Wildman–Crippen MR) is 82.6 cm³/mol. The normalized spacial score (nSPS) is 17.4. The van der Waals surface area contributed by atoms with Gasteiger partial charge in [0, 0.05) is 18.0 Å². The van der Waals surface area contributed by atoms with Gasteiger partial charge < -0.3 is 9.64 Å². The summed E-state index contributed by atoms with van der Waals surface area (Å²) in [6, 6.07) is 0. The molecule has 0 bridgehead atoms. The third kappa shape index (κ3) is 3.14. The summed E-state index contributed by atoms with van der Waals surface area (Å²) < 4.78 is 4.77. The maximum atomic E-state index is 11.6. The third-order valence-electron chi connectivity index (χ3n) is 4.15. The van der Waals surface area contributed by atoms with Crippen LogP contribution >= 0.6 is 11.3 Å². The number of carbonyl (C=O) groups is 1. The highest BCUT2D eigenvalue weighted by molar-refractivity contribution is 7.15. The van der Waals surface area contributed by atoms with Crippen molar-refractivity contribution in [1.29, 1.82) is 0 Å². The van der Waals surface area contributed by atoms with Crippen LogP contribution in [0.15, 0.2) is 0 Å². The van der Waals surface area contributed by atoms with Crippen LogP contribution in [0.1, 0.15) is 49.0 Å². The van der Waals surface area contributed by atoms with E-state index < -0.39 is 0 Å². The Morgan fingerprint density at radius 2 is 1.95 bits per heavy atom. The van der Waals surface area contributed by atoms with Crippen molar-refractivity contribution in [2.75, 3.05) is 25.1 Å². The number of thiazole rings is 1. The lowest BCUT2D eigenvalue weighted by Gasteiger charge is -2.38. The fourth-order valence-corrected chi connectivity index (χ4v) is 3.69. The quantitative estimate of drug-likeness (QED) is 0.783. The molecule has 2 rings (SSSR count). The molecule has 0 spiro atoms. The van der Waals surface area contributed by atoms with Crippen molar-refractivity contribution in [2.45, 2.75) is 40.5 Å². The van der Waals surface area contributed by atoms with E-state index in [4.69, 9.17) is 4.74 Å². The average Bonchev–Trinajstić information content (AvgIpc) is 2.79. The summed E-state index contributed by atoms with van der Waals surface area (Å²) >= 11 is 1.59. The fraction of sp³-hybridized carbons (Fsp3) is 0.733. The molecule has 0 unspecified atom stereocenters. The van der Waals surface area contributed by atoms with E-state index in [0.29, 0.717) is 11.1 Å². The second-order valence-electron chi connectivity index (χ2n) is 6.52. The summed E-state index contributed by atoms with van der Waals surface area (Å²) in [6.07, 6.45) is 2.38. The molecule has 2 heterocycles. The van der Waals surface area contributed by atoms with Crippen LogP contribution in [0, 0.1) is 18.3 Å². The molecule has 1 fully saturated rings. The number of aryl methyl sites for hydroxylation is 1. The molecule has 112 valence electrons. The molecule has 1 aliphatic heterocycles. The Hall–Kier alpha value is -1.10. The molecular weight excluding hydrogens is 272 g/mol. The first-order valence-electron chi connectivity index (χ1n) is 7.13. The first-order chi connectivity index (χ1) is 9.32. The van der Waals surface area contributed by atoms with Gasteiger partial charge in [-0.2, -0.15) is 0 Å². The molecule has 0 radical (unpaired) electrons. The number of nitrogens with zero attached hydrogens (tertiary/aromatic N) is 2. The number of aromatic nitrogens is 1. The molecule has 1 saturated heterocycles. The summed E-state index contributed by atoms with van der Waals surface area (Å²) in [4.78, 5) is 19.3. The maximum Gasteiger partial charge on any atom is 0.357 e. The predicted octanol–water partition coefficient (Wildman–Crippen LogP) is 3.50. The fourth-order valence-electron chi connectivity index (χ4n) is 2.74. The molecule has 0 atom stereocenters. The standard InChI is InChI=1S/C15H24N2O2S/c1-10-12(13(18)19-5)16-14(20-10)17-8-6-11(7-9-17)15(2,3)4/h11H,6-9H2,1-5H3. The summed E-state index contributed by atoms with van der Waals surface area (Å²) in [5.74, 6) is 0.425. The number of methoxy groups -OCH3 is 1. The third-order valence-corrected chi connectivity index (χ3v) is 5.19. The summed E-state index contributed by atoms with van der Waals surface area (Å²) in [6.45, 7) is 10.9. The SMILES string of the molecule is COC(=O)c1nc(N2CCC(C(C)(C)C)CC2)sc1C. The Balaban J connectivity index is 2.06. The number of hydrogen-bond acceptors (Lipinski definition) is 5. The van der Waals surface area contributed by atoms with Gasteiger partial charge in [-0.3, -0.25) is 0 Å². The number of carbonyl (C=O) groups excluding carboxylic acids is 1. The summed E-state index contributed by atoms with van der Waals surface area (Å²) in [7, 11) is 1.40. The van der Waals surface area contributed by atoms with E-state index in [9.17, 15) is 4.79 Å². The van der Waals surface area contributed by atoms with E-state index in [0.717, 1.165) is 29.0 Å². The Labute approximate surface area is 125 Å². The van der Waals surface area contributed by atoms with Gasteiger partial charge in [-0.05, 0) is 31.1 Å². The lowest BCUT2D eigenvalue weighted by Crippen LogP contribution is -2.38.